The third-order valence-corrected chi connectivity index (χ3v) is 5.00. The number of benzene rings is 2. The molecule has 5 aromatic rings. The van der Waals surface area contributed by atoms with Crippen LogP contribution in [0.25, 0.3) is 16.9 Å². The molecule has 154 valence electrons. The van der Waals surface area contributed by atoms with Crippen LogP contribution in [0, 0.1) is 6.92 Å². The number of rotatable bonds is 6. The Kier molecular flexibility index (Phi) is 4.80. The molecule has 0 saturated carbocycles. The summed E-state index contributed by atoms with van der Waals surface area (Å²) in [5.74, 6) is 1.20. The minimum Gasteiger partial charge on any atom is -0.494 e. The van der Waals surface area contributed by atoms with Gasteiger partial charge in [-0.15, -0.1) is 0 Å². The van der Waals surface area contributed by atoms with Crippen molar-refractivity contribution in [3.63, 3.8) is 0 Å². The lowest BCUT2D eigenvalue weighted by atomic mass is 10.2. The lowest BCUT2D eigenvalue weighted by Gasteiger charge is -2.12. The largest absolute Gasteiger partial charge is 0.494 e. The maximum absolute atomic E-state index is 5.57. The number of hydrogen-bond acceptors (Lipinski definition) is 6. The van der Waals surface area contributed by atoms with Crippen LogP contribution in [0.5, 0.6) is 5.75 Å². The van der Waals surface area contributed by atoms with Gasteiger partial charge in [0.05, 0.1) is 37.3 Å². The SMILES string of the molecule is COc1cc(Nc2ncc3c(ncn3Cc3ccccc3)n2)ccc1-n1cnc(C)c1. The lowest BCUT2D eigenvalue weighted by molar-refractivity contribution is 0.413. The molecule has 0 aliphatic heterocycles. The second-order valence-electron chi connectivity index (χ2n) is 7.19. The first-order chi connectivity index (χ1) is 15.2. The average Bonchev–Trinajstić information content (AvgIpc) is 3.40. The van der Waals surface area contributed by atoms with Gasteiger partial charge in [0.25, 0.3) is 0 Å². The van der Waals surface area contributed by atoms with Crippen molar-refractivity contribution in [2.45, 2.75) is 13.5 Å². The van der Waals surface area contributed by atoms with Crippen molar-refractivity contribution in [1.82, 2.24) is 29.1 Å². The first-order valence-electron chi connectivity index (χ1n) is 9.87. The molecule has 0 atom stereocenters. The number of anilines is 2. The standard InChI is InChI=1S/C23H21N7O/c1-16-12-29(14-25-16)19-9-8-18(10-21(19)31-2)27-23-24-11-20-22(28-23)26-15-30(20)13-17-6-4-3-5-7-17/h3-12,14-15H,13H2,1-2H3,(H,24,27,28). The van der Waals surface area contributed by atoms with Gasteiger partial charge >= 0.3 is 0 Å². The monoisotopic (exact) mass is 411 g/mol. The Hall–Kier alpha value is -4.20. The van der Waals surface area contributed by atoms with E-state index >= 15 is 0 Å². The molecule has 1 N–H and O–H groups in total. The summed E-state index contributed by atoms with van der Waals surface area (Å²) in [6.45, 7) is 2.67. The van der Waals surface area contributed by atoms with Crippen LogP contribution in [0.2, 0.25) is 0 Å². The Bertz CT molecular complexity index is 1340. The molecule has 8 heteroatoms. The number of ether oxygens (including phenoxy) is 1. The fourth-order valence-electron chi connectivity index (χ4n) is 3.47. The summed E-state index contributed by atoms with van der Waals surface area (Å²) >= 11 is 0. The summed E-state index contributed by atoms with van der Waals surface area (Å²) in [5, 5.41) is 3.24. The van der Waals surface area contributed by atoms with Crippen molar-refractivity contribution in [3.8, 4) is 11.4 Å². The van der Waals surface area contributed by atoms with Crippen LogP contribution in [0.1, 0.15) is 11.3 Å². The first kappa shape index (κ1) is 18.8. The van der Waals surface area contributed by atoms with Gasteiger partial charge in [0.1, 0.15) is 11.3 Å². The third-order valence-electron chi connectivity index (χ3n) is 5.00. The Morgan fingerprint density at radius 1 is 1.00 bits per heavy atom. The zero-order valence-corrected chi connectivity index (χ0v) is 17.2. The second-order valence-corrected chi connectivity index (χ2v) is 7.19. The van der Waals surface area contributed by atoms with Crippen LogP contribution < -0.4 is 10.1 Å². The topological polar surface area (TPSA) is 82.7 Å². The summed E-state index contributed by atoms with van der Waals surface area (Å²) < 4.78 is 9.54. The number of imidazole rings is 2. The number of nitrogens with one attached hydrogen (secondary N) is 1. The van der Waals surface area contributed by atoms with E-state index in [1.807, 2.05) is 58.7 Å². The molecule has 0 amide bonds. The smallest absolute Gasteiger partial charge is 0.229 e. The number of hydrogen-bond donors (Lipinski definition) is 1. The predicted molar refractivity (Wildman–Crippen MR) is 119 cm³/mol. The highest BCUT2D eigenvalue weighted by Crippen LogP contribution is 2.28. The molecule has 0 fully saturated rings. The van der Waals surface area contributed by atoms with Gasteiger partial charge in [-0.1, -0.05) is 30.3 Å². The van der Waals surface area contributed by atoms with Crippen LogP contribution in [0.3, 0.4) is 0 Å². The number of aromatic nitrogens is 6. The van der Waals surface area contributed by atoms with Crippen LogP contribution in [-0.2, 0) is 6.54 Å². The molecule has 0 unspecified atom stereocenters. The average molecular weight is 411 g/mol. The van der Waals surface area contributed by atoms with Gasteiger partial charge < -0.3 is 19.2 Å². The predicted octanol–water partition coefficient (Wildman–Crippen LogP) is 4.12. The Labute approximate surface area is 179 Å². The van der Waals surface area contributed by atoms with E-state index in [0.29, 0.717) is 11.6 Å². The van der Waals surface area contributed by atoms with Gasteiger partial charge in [0.15, 0.2) is 5.65 Å². The molecule has 0 spiro atoms. The number of aryl methyl sites for hydroxylation is 1. The van der Waals surface area contributed by atoms with Crippen molar-refractivity contribution in [2.24, 2.45) is 0 Å². The normalized spacial score (nSPS) is 11.0. The Morgan fingerprint density at radius 3 is 2.65 bits per heavy atom. The molecule has 31 heavy (non-hydrogen) atoms. The highest BCUT2D eigenvalue weighted by molar-refractivity contribution is 5.72. The van der Waals surface area contributed by atoms with Crippen molar-refractivity contribution in [3.05, 3.63) is 84.8 Å². The van der Waals surface area contributed by atoms with E-state index in [9.17, 15) is 0 Å². The summed E-state index contributed by atoms with van der Waals surface area (Å²) in [6, 6.07) is 16.1. The lowest BCUT2D eigenvalue weighted by Crippen LogP contribution is -2.01. The molecular weight excluding hydrogens is 390 g/mol. The van der Waals surface area contributed by atoms with E-state index in [1.54, 1.807) is 26.0 Å². The van der Waals surface area contributed by atoms with Crippen molar-refractivity contribution in [2.75, 3.05) is 12.4 Å². The van der Waals surface area contributed by atoms with E-state index in [-0.39, 0.29) is 0 Å². The fourth-order valence-corrected chi connectivity index (χ4v) is 3.47. The van der Waals surface area contributed by atoms with Crippen LogP contribution in [-0.4, -0.2) is 36.2 Å². The van der Waals surface area contributed by atoms with Gasteiger partial charge in [-0.3, -0.25) is 0 Å². The van der Waals surface area contributed by atoms with E-state index in [1.165, 1.54) is 5.56 Å². The maximum Gasteiger partial charge on any atom is 0.229 e. The van der Waals surface area contributed by atoms with Crippen LogP contribution in [0.15, 0.2) is 73.6 Å². The molecule has 2 aromatic carbocycles. The molecule has 0 saturated heterocycles. The molecule has 8 nitrogen and oxygen atoms in total. The van der Waals surface area contributed by atoms with E-state index < -0.39 is 0 Å². The minimum absolute atomic E-state index is 0.478. The molecule has 0 radical (unpaired) electrons. The van der Waals surface area contributed by atoms with Crippen LogP contribution >= 0.6 is 0 Å². The molecule has 0 aliphatic carbocycles. The summed E-state index contributed by atoms with van der Waals surface area (Å²) in [5.41, 5.74) is 5.40. The van der Waals surface area contributed by atoms with Gasteiger partial charge in [0, 0.05) is 24.5 Å². The highest BCUT2D eigenvalue weighted by Gasteiger charge is 2.10. The molecule has 0 aliphatic rings. The molecule has 3 heterocycles. The van der Waals surface area contributed by atoms with E-state index in [0.717, 1.165) is 34.9 Å². The zero-order chi connectivity index (χ0) is 21.2. The fraction of sp³-hybridized carbons (Fsp3) is 0.130. The summed E-state index contributed by atoms with van der Waals surface area (Å²) in [6.07, 6.45) is 7.30. The first-order valence-corrected chi connectivity index (χ1v) is 9.87. The van der Waals surface area contributed by atoms with E-state index in [4.69, 9.17) is 4.74 Å². The molecule has 5 rings (SSSR count). The number of fused-ring (bicyclic) bond motifs is 1. The Morgan fingerprint density at radius 2 is 1.87 bits per heavy atom. The van der Waals surface area contributed by atoms with Crippen molar-refractivity contribution in [1.29, 1.82) is 0 Å². The minimum atomic E-state index is 0.478. The zero-order valence-electron chi connectivity index (χ0n) is 17.2. The van der Waals surface area contributed by atoms with E-state index in [2.05, 4.69) is 37.4 Å². The second kappa shape index (κ2) is 7.91. The Balaban J connectivity index is 1.39. The number of methoxy groups -OCH3 is 1. The van der Waals surface area contributed by atoms with Crippen molar-refractivity contribution < 1.29 is 4.74 Å². The van der Waals surface area contributed by atoms with Gasteiger partial charge in [-0.25, -0.2) is 15.0 Å². The van der Waals surface area contributed by atoms with Gasteiger partial charge in [0.2, 0.25) is 5.95 Å². The quantitative estimate of drug-likeness (QED) is 0.453. The maximum atomic E-state index is 5.57. The highest BCUT2D eigenvalue weighted by atomic mass is 16.5. The molecule has 0 bridgehead atoms. The van der Waals surface area contributed by atoms with Gasteiger partial charge in [-0.2, -0.15) is 4.98 Å². The molecule has 3 aromatic heterocycles. The summed E-state index contributed by atoms with van der Waals surface area (Å²) in [7, 11) is 1.65. The van der Waals surface area contributed by atoms with Crippen molar-refractivity contribution >= 4 is 22.8 Å². The molecular formula is C23H21N7O. The summed E-state index contributed by atoms with van der Waals surface area (Å²) in [4.78, 5) is 17.8. The van der Waals surface area contributed by atoms with Gasteiger partial charge in [-0.05, 0) is 24.6 Å². The number of nitrogens with zero attached hydrogens (tertiary/aromatic N) is 6. The third kappa shape index (κ3) is 3.83. The van der Waals surface area contributed by atoms with Crippen LogP contribution in [0.4, 0.5) is 11.6 Å².